The Kier molecular flexibility index (Phi) is 7.18. The predicted molar refractivity (Wildman–Crippen MR) is 220 cm³/mol. The number of para-hydroxylation sites is 2. The predicted octanol–water partition coefficient (Wildman–Crippen LogP) is 14.4. The molecule has 2 nitrogen and oxygen atoms in total. The topological polar surface area (TPSA) is 16.4 Å². The maximum absolute atomic E-state index is 6.60. The second-order valence-corrected chi connectivity index (χ2v) is 13.3. The number of benzene rings is 9. The molecule has 9 aromatic carbocycles. The van der Waals surface area contributed by atoms with E-state index in [1.54, 1.807) is 0 Å². The molecule has 1 aromatic heterocycles. The average Bonchev–Trinajstić information content (AvgIpc) is 3.62. The van der Waals surface area contributed by atoms with Gasteiger partial charge in [-0.3, -0.25) is 0 Å². The summed E-state index contributed by atoms with van der Waals surface area (Å²) in [6, 6.07) is 71.6. The molecule has 10 aromatic rings. The molecule has 0 bridgehead atoms. The van der Waals surface area contributed by atoms with Gasteiger partial charge in [0.25, 0.3) is 0 Å². The molecule has 244 valence electrons. The molecule has 10 rings (SSSR count). The maximum Gasteiger partial charge on any atom is 0.143 e. The monoisotopic (exact) mass is 663 g/mol. The van der Waals surface area contributed by atoms with E-state index >= 15 is 0 Å². The van der Waals surface area contributed by atoms with Crippen molar-refractivity contribution in [1.82, 2.24) is 0 Å². The molecule has 0 N–H and O–H groups in total. The fourth-order valence-corrected chi connectivity index (χ4v) is 7.86. The van der Waals surface area contributed by atoms with Crippen molar-refractivity contribution in [1.29, 1.82) is 0 Å². The fraction of sp³-hybridized carbons (Fsp3) is 0. The summed E-state index contributed by atoms with van der Waals surface area (Å²) in [5, 5.41) is 7.19. The lowest BCUT2D eigenvalue weighted by Crippen LogP contribution is -2.11. The molecule has 1 heterocycles. The first-order valence-corrected chi connectivity index (χ1v) is 17.8. The summed E-state index contributed by atoms with van der Waals surface area (Å²) in [6.07, 6.45) is 0. The number of anilines is 3. The standard InChI is InChI=1S/C50H33NO/c1-3-14-34(15-4-1)40-20-9-11-23-46(40)51(47-24-13-22-43-39-19-8-7-18-36(39)28-31-44(43)47)38-29-26-37(27-30-38)41-32-33-42(35-16-5-2-6-17-35)50-49(41)45-21-10-12-25-48(45)52-50/h1-33H. The lowest BCUT2D eigenvalue weighted by atomic mass is 9.94. The van der Waals surface area contributed by atoms with Gasteiger partial charge < -0.3 is 9.32 Å². The molecule has 0 radical (unpaired) electrons. The van der Waals surface area contributed by atoms with Gasteiger partial charge in [-0.2, -0.15) is 0 Å². The second kappa shape index (κ2) is 12.5. The zero-order chi connectivity index (χ0) is 34.4. The largest absolute Gasteiger partial charge is 0.455 e. The Morgan fingerprint density at radius 3 is 1.73 bits per heavy atom. The highest BCUT2D eigenvalue weighted by atomic mass is 16.3. The summed E-state index contributed by atoms with van der Waals surface area (Å²) in [6.45, 7) is 0. The van der Waals surface area contributed by atoms with Gasteiger partial charge in [-0.15, -0.1) is 0 Å². The zero-order valence-corrected chi connectivity index (χ0v) is 28.4. The molecule has 0 aliphatic carbocycles. The van der Waals surface area contributed by atoms with Gasteiger partial charge in [0, 0.05) is 33.0 Å². The highest BCUT2D eigenvalue weighted by Crippen LogP contribution is 2.46. The van der Waals surface area contributed by atoms with Crippen molar-refractivity contribution >= 4 is 60.5 Å². The minimum absolute atomic E-state index is 0.894. The molecular weight excluding hydrogens is 631 g/mol. The van der Waals surface area contributed by atoms with E-state index in [0.717, 1.165) is 61.3 Å². The van der Waals surface area contributed by atoms with Crippen LogP contribution in [0, 0.1) is 0 Å². The molecule has 0 amide bonds. The van der Waals surface area contributed by atoms with Gasteiger partial charge in [-0.25, -0.2) is 0 Å². The summed E-state index contributed by atoms with van der Waals surface area (Å²) < 4.78 is 6.60. The van der Waals surface area contributed by atoms with E-state index in [0.29, 0.717) is 0 Å². The van der Waals surface area contributed by atoms with Crippen molar-refractivity contribution in [2.45, 2.75) is 0 Å². The normalized spacial score (nSPS) is 11.5. The van der Waals surface area contributed by atoms with Gasteiger partial charge in [-0.1, -0.05) is 164 Å². The number of furan rings is 1. The minimum Gasteiger partial charge on any atom is -0.455 e. The minimum atomic E-state index is 0.894. The summed E-state index contributed by atoms with van der Waals surface area (Å²) in [5.41, 5.74) is 12.0. The van der Waals surface area contributed by atoms with Gasteiger partial charge in [0.15, 0.2) is 0 Å². The first-order valence-electron chi connectivity index (χ1n) is 17.8. The quantitative estimate of drug-likeness (QED) is 0.165. The number of hydrogen-bond acceptors (Lipinski definition) is 2. The van der Waals surface area contributed by atoms with E-state index < -0.39 is 0 Å². The first-order chi connectivity index (χ1) is 25.8. The first kappa shape index (κ1) is 30.0. The van der Waals surface area contributed by atoms with Crippen molar-refractivity contribution in [2.24, 2.45) is 0 Å². The van der Waals surface area contributed by atoms with E-state index in [9.17, 15) is 0 Å². The lowest BCUT2D eigenvalue weighted by Gasteiger charge is -2.29. The third-order valence-electron chi connectivity index (χ3n) is 10.3. The van der Waals surface area contributed by atoms with Crippen LogP contribution in [-0.4, -0.2) is 0 Å². The highest BCUT2D eigenvalue weighted by molar-refractivity contribution is 6.17. The molecule has 0 unspecified atom stereocenters. The Morgan fingerprint density at radius 1 is 0.327 bits per heavy atom. The molecule has 2 heteroatoms. The summed E-state index contributed by atoms with van der Waals surface area (Å²) >= 11 is 0. The Bertz CT molecular complexity index is 2890. The molecule has 0 atom stereocenters. The number of hydrogen-bond donors (Lipinski definition) is 0. The van der Waals surface area contributed by atoms with Crippen LogP contribution in [0.25, 0.3) is 76.9 Å². The Morgan fingerprint density at radius 2 is 0.923 bits per heavy atom. The Balaban J connectivity index is 1.18. The van der Waals surface area contributed by atoms with Crippen LogP contribution in [0.3, 0.4) is 0 Å². The van der Waals surface area contributed by atoms with Crippen LogP contribution in [0.4, 0.5) is 17.1 Å². The third-order valence-corrected chi connectivity index (χ3v) is 10.3. The number of rotatable bonds is 6. The van der Waals surface area contributed by atoms with Crippen molar-refractivity contribution < 1.29 is 4.42 Å². The van der Waals surface area contributed by atoms with Gasteiger partial charge in [0.2, 0.25) is 0 Å². The van der Waals surface area contributed by atoms with Gasteiger partial charge in [0.05, 0.1) is 11.4 Å². The van der Waals surface area contributed by atoms with E-state index in [1.807, 2.05) is 6.07 Å². The molecular formula is C50H33NO. The van der Waals surface area contributed by atoms with E-state index in [-0.39, 0.29) is 0 Å². The maximum atomic E-state index is 6.60. The van der Waals surface area contributed by atoms with Crippen molar-refractivity contribution in [3.63, 3.8) is 0 Å². The van der Waals surface area contributed by atoms with Crippen LogP contribution in [0.15, 0.2) is 205 Å². The van der Waals surface area contributed by atoms with Crippen LogP contribution >= 0.6 is 0 Å². The van der Waals surface area contributed by atoms with E-state index in [2.05, 4.69) is 199 Å². The van der Waals surface area contributed by atoms with Crippen molar-refractivity contribution in [3.05, 3.63) is 200 Å². The molecule has 0 saturated heterocycles. The van der Waals surface area contributed by atoms with Crippen molar-refractivity contribution in [3.8, 4) is 33.4 Å². The molecule has 0 saturated carbocycles. The Labute approximate surface area is 302 Å². The van der Waals surface area contributed by atoms with E-state index in [4.69, 9.17) is 4.42 Å². The third kappa shape index (κ3) is 4.96. The summed E-state index contributed by atoms with van der Waals surface area (Å²) in [7, 11) is 0. The highest BCUT2D eigenvalue weighted by Gasteiger charge is 2.21. The zero-order valence-electron chi connectivity index (χ0n) is 28.4. The van der Waals surface area contributed by atoms with Crippen LogP contribution in [0.2, 0.25) is 0 Å². The van der Waals surface area contributed by atoms with Crippen LogP contribution in [-0.2, 0) is 0 Å². The number of fused-ring (bicyclic) bond motifs is 6. The SMILES string of the molecule is c1ccc(-c2ccccc2N(c2ccc(-c3ccc(-c4ccccc4)c4oc5ccccc5c34)cc2)c2cccc3c2ccc2ccccc23)cc1. The lowest BCUT2D eigenvalue weighted by molar-refractivity contribution is 0.670. The van der Waals surface area contributed by atoms with E-state index in [1.165, 1.54) is 32.7 Å². The molecule has 0 spiro atoms. The van der Waals surface area contributed by atoms with Crippen LogP contribution in [0.1, 0.15) is 0 Å². The number of nitrogens with zero attached hydrogens (tertiary/aromatic N) is 1. The smallest absolute Gasteiger partial charge is 0.143 e. The molecule has 0 aliphatic rings. The fourth-order valence-electron chi connectivity index (χ4n) is 7.86. The molecule has 0 aliphatic heterocycles. The molecule has 52 heavy (non-hydrogen) atoms. The van der Waals surface area contributed by atoms with Gasteiger partial charge in [0.1, 0.15) is 11.2 Å². The molecule has 0 fully saturated rings. The van der Waals surface area contributed by atoms with Crippen molar-refractivity contribution in [2.75, 3.05) is 4.90 Å². The van der Waals surface area contributed by atoms with Gasteiger partial charge >= 0.3 is 0 Å². The van der Waals surface area contributed by atoms with Crippen LogP contribution in [0.5, 0.6) is 0 Å². The van der Waals surface area contributed by atoms with Gasteiger partial charge in [-0.05, 0) is 74.8 Å². The average molecular weight is 664 g/mol. The van der Waals surface area contributed by atoms with Crippen LogP contribution < -0.4 is 4.90 Å². The Hall–Kier alpha value is -6.90. The summed E-state index contributed by atoms with van der Waals surface area (Å²) in [5.74, 6) is 0. The second-order valence-electron chi connectivity index (χ2n) is 13.3. The summed E-state index contributed by atoms with van der Waals surface area (Å²) in [4.78, 5) is 2.42.